The van der Waals surface area contributed by atoms with Crippen molar-refractivity contribution in [1.29, 1.82) is 0 Å². The normalized spacial score (nSPS) is 13.2. The van der Waals surface area contributed by atoms with Gasteiger partial charge in [0.2, 0.25) is 10.0 Å². The highest BCUT2D eigenvalue weighted by Crippen LogP contribution is 2.30. The fraction of sp³-hybridized carbons (Fsp3) is 0.294. The summed E-state index contributed by atoms with van der Waals surface area (Å²) in [5.74, 6) is -0.822. The summed E-state index contributed by atoms with van der Waals surface area (Å²) < 4.78 is 42.0. The van der Waals surface area contributed by atoms with E-state index in [0.717, 1.165) is 17.7 Å². The van der Waals surface area contributed by atoms with Crippen molar-refractivity contribution in [2.24, 2.45) is 0 Å². The summed E-state index contributed by atoms with van der Waals surface area (Å²) in [7, 11) is -4.02. The second kappa shape index (κ2) is 7.63. The number of nitrogens with two attached hydrogens (primary N) is 1. The largest absolute Gasteiger partial charge is 0.398 e. The van der Waals surface area contributed by atoms with Gasteiger partial charge in [0.05, 0.1) is 0 Å². The van der Waals surface area contributed by atoms with Crippen LogP contribution in [0.3, 0.4) is 0 Å². The number of hydrogen-bond acceptors (Lipinski definition) is 3. The quantitative estimate of drug-likeness (QED) is 0.721. The molecule has 1 unspecified atom stereocenters. The van der Waals surface area contributed by atoms with Gasteiger partial charge in [-0.25, -0.2) is 12.8 Å². The molecule has 2 rings (SSSR count). The molecule has 1 atom stereocenters. The van der Waals surface area contributed by atoms with Crippen molar-refractivity contribution in [2.75, 3.05) is 5.73 Å². The number of nitrogen functional groups attached to an aromatic ring is 1. The number of halogens is 2. The first-order valence-corrected chi connectivity index (χ1v) is 9.81. The average Bonchev–Trinajstić information content (AvgIpc) is 2.56. The Morgan fingerprint density at radius 3 is 2.46 bits per heavy atom. The van der Waals surface area contributed by atoms with Gasteiger partial charge in [0.25, 0.3) is 0 Å². The Hall–Kier alpha value is -1.44. The molecule has 2 aromatic rings. The smallest absolute Gasteiger partial charge is 0.246 e. The molecule has 0 heterocycles. The second-order valence-electron chi connectivity index (χ2n) is 5.60. The van der Waals surface area contributed by atoms with Crippen molar-refractivity contribution in [1.82, 2.24) is 4.31 Å². The minimum atomic E-state index is -4.02. The minimum Gasteiger partial charge on any atom is -0.398 e. The number of rotatable bonds is 6. The van der Waals surface area contributed by atoms with Gasteiger partial charge < -0.3 is 5.73 Å². The summed E-state index contributed by atoms with van der Waals surface area (Å²) in [4.78, 5) is -0.403. The van der Waals surface area contributed by atoms with Crippen molar-refractivity contribution in [3.63, 3.8) is 0 Å². The molecule has 0 amide bonds. The first kappa shape index (κ1) is 18.9. The van der Waals surface area contributed by atoms with Crippen LogP contribution in [0, 0.1) is 5.82 Å². The fourth-order valence-corrected chi connectivity index (χ4v) is 4.40. The minimum absolute atomic E-state index is 0.174. The molecule has 24 heavy (non-hydrogen) atoms. The van der Waals surface area contributed by atoms with E-state index in [9.17, 15) is 12.8 Å². The van der Waals surface area contributed by atoms with Crippen LogP contribution >= 0.6 is 15.9 Å². The molecule has 7 heteroatoms. The lowest BCUT2D eigenvalue weighted by Gasteiger charge is -2.28. The molecule has 0 saturated carbocycles. The Morgan fingerprint density at radius 1 is 1.25 bits per heavy atom. The molecule has 0 aromatic heterocycles. The molecular weight excluding hydrogens is 395 g/mol. The summed E-state index contributed by atoms with van der Waals surface area (Å²) in [5.41, 5.74) is 6.77. The Balaban J connectivity index is 2.50. The van der Waals surface area contributed by atoms with E-state index >= 15 is 0 Å². The summed E-state index contributed by atoms with van der Waals surface area (Å²) in [6, 6.07) is 11.2. The summed E-state index contributed by atoms with van der Waals surface area (Å²) in [5, 5.41) is 0. The molecule has 0 bridgehead atoms. The van der Waals surface area contributed by atoms with Crippen molar-refractivity contribution in [2.45, 2.75) is 37.8 Å². The Labute approximate surface area is 150 Å². The maximum absolute atomic E-state index is 14.3. The Kier molecular flexibility index (Phi) is 6.01. The molecule has 4 nitrogen and oxygen atoms in total. The first-order chi connectivity index (χ1) is 11.3. The van der Waals surface area contributed by atoms with Crippen molar-refractivity contribution in [3.05, 3.63) is 58.3 Å². The van der Waals surface area contributed by atoms with Gasteiger partial charge in [0.1, 0.15) is 10.7 Å². The highest BCUT2D eigenvalue weighted by Gasteiger charge is 2.31. The first-order valence-electron chi connectivity index (χ1n) is 7.57. The van der Waals surface area contributed by atoms with E-state index in [1.54, 1.807) is 6.92 Å². The zero-order chi connectivity index (χ0) is 17.9. The van der Waals surface area contributed by atoms with E-state index in [2.05, 4.69) is 15.9 Å². The lowest BCUT2D eigenvalue weighted by atomic mass is 10.2. The van der Waals surface area contributed by atoms with Crippen LogP contribution in [0.15, 0.2) is 51.8 Å². The molecule has 0 aliphatic carbocycles. The SMILES string of the molecule is CCC(C)N(Cc1ccccc1)S(=O)(=O)c1cc(N)c(Br)cc1F. The summed E-state index contributed by atoms with van der Waals surface area (Å²) >= 11 is 3.11. The van der Waals surface area contributed by atoms with Crippen molar-refractivity contribution in [3.8, 4) is 0 Å². The molecular formula is C17H20BrFN2O2S. The van der Waals surface area contributed by atoms with Gasteiger partial charge >= 0.3 is 0 Å². The molecule has 2 aromatic carbocycles. The molecule has 130 valence electrons. The van der Waals surface area contributed by atoms with E-state index in [-0.39, 0.29) is 18.3 Å². The van der Waals surface area contributed by atoms with Gasteiger partial charge in [-0.3, -0.25) is 0 Å². The molecule has 0 aliphatic heterocycles. The van der Waals surface area contributed by atoms with Crippen LogP contribution in [-0.4, -0.2) is 18.8 Å². The van der Waals surface area contributed by atoms with E-state index in [1.165, 1.54) is 4.31 Å². The fourth-order valence-electron chi connectivity index (χ4n) is 2.31. The number of hydrogen-bond donors (Lipinski definition) is 1. The van der Waals surface area contributed by atoms with Crippen LogP contribution in [0.2, 0.25) is 0 Å². The third-order valence-electron chi connectivity index (χ3n) is 3.90. The standard InChI is InChI=1S/C17H20BrFN2O2S/c1-3-12(2)21(11-13-7-5-4-6-8-13)24(22,23)17-10-16(20)14(18)9-15(17)19/h4-10,12H,3,11,20H2,1-2H3. The zero-order valence-electron chi connectivity index (χ0n) is 13.5. The molecule has 0 saturated heterocycles. The lowest BCUT2D eigenvalue weighted by Crippen LogP contribution is -2.38. The Morgan fingerprint density at radius 2 is 1.88 bits per heavy atom. The van der Waals surface area contributed by atoms with E-state index in [4.69, 9.17) is 5.73 Å². The van der Waals surface area contributed by atoms with Crippen LogP contribution in [-0.2, 0) is 16.6 Å². The predicted octanol–water partition coefficient (Wildman–Crippen LogP) is 4.16. The van der Waals surface area contributed by atoms with Crippen LogP contribution in [0.25, 0.3) is 0 Å². The molecule has 0 spiro atoms. The van der Waals surface area contributed by atoms with Gasteiger partial charge in [-0.15, -0.1) is 0 Å². The van der Waals surface area contributed by atoms with Gasteiger partial charge in [0.15, 0.2) is 0 Å². The highest BCUT2D eigenvalue weighted by molar-refractivity contribution is 9.10. The van der Waals surface area contributed by atoms with E-state index in [1.807, 2.05) is 37.3 Å². The summed E-state index contributed by atoms with van der Waals surface area (Å²) in [6.45, 7) is 3.87. The number of anilines is 1. The van der Waals surface area contributed by atoms with Gasteiger partial charge in [-0.05, 0) is 47.0 Å². The summed E-state index contributed by atoms with van der Waals surface area (Å²) in [6.07, 6.45) is 0.611. The predicted molar refractivity (Wildman–Crippen MR) is 97.4 cm³/mol. The molecule has 0 aliphatic rings. The van der Waals surface area contributed by atoms with Crippen LogP contribution in [0.5, 0.6) is 0 Å². The van der Waals surface area contributed by atoms with E-state index < -0.39 is 20.7 Å². The molecule has 2 N–H and O–H groups in total. The second-order valence-corrected chi connectivity index (χ2v) is 8.31. The maximum Gasteiger partial charge on any atom is 0.246 e. The van der Waals surface area contributed by atoms with Crippen molar-refractivity contribution < 1.29 is 12.8 Å². The Bertz CT molecular complexity index is 813. The van der Waals surface area contributed by atoms with Gasteiger partial charge in [0, 0.05) is 22.7 Å². The van der Waals surface area contributed by atoms with Gasteiger partial charge in [-0.2, -0.15) is 4.31 Å². The topological polar surface area (TPSA) is 63.4 Å². The molecule has 0 fully saturated rings. The van der Waals surface area contributed by atoms with E-state index in [0.29, 0.717) is 10.9 Å². The number of nitrogens with zero attached hydrogens (tertiary/aromatic N) is 1. The van der Waals surface area contributed by atoms with Gasteiger partial charge in [-0.1, -0.05) is 37.3 Å². The maximum atomic E-state index is 14.3. The molecule has 0 radical (unpaired) electrons. The number of sulfonamides is 1. The third-order valence-corrected chi connectivity index (χ3v) is 6.56. The number of benzene rings is 2. The third kappa shape index (κ3) is 3.96. The van der Waals surface area contributed by atoms with Crippen LogP contribution in [0.4, 0.5) is 10.1 Å². The highest BCUT2D eigenvalue weighted by atomic mass is 79.9. The van der Waals surface area contributed by atoms with Crippen LogP contribution < -0.4 is 5.73 Å². The zero-order valence-corrected chi connectivity index (χ0v) is 15.9. The lowest BCUT2D eigenvalue weighted by molar-refractivity contribution is 0.321. The van der Waals surface area contributed by atoms with Crippen molar-refractivity contribution >= 4 is 31.6 Å². The van der Waals surface area contributed by atoms with Crippen LogP contribution in [0.1, 0.15) is 25.8 Å². The average molecular weight is 415 g/mol. The monoisotopic (exact) mass is 414 g/mol.